The fourth-order valence-electron chi connectivity index (χ4n) is 1.06. The van der Waals surface area contributed by atoms with Gasteiger partial charge in [0.15, 0.2) is 5.11 Å². The highest BCUT2D eigenvalue weighted by atomic mass is 79.9. The highest BCUT2D eigenvalue weighted by Gasteiger charge is 2.03. The zero-order valence-electron chi connectivity index (χ0n) is 9.18. The number of benzene rings is 1. The molecule has 1 rings (SSSR count). The second kappa shape index (κ2) is 6.57. The summed E-state index contributed by atoms with van der Waals surface area (Å²) in [4.78, 5) is 0. The number of nitrogens with one attached hydrogen (secondary N) is 2. The maximum absolute atomic E-state index is 5.20. The number of rotatable bonds is 3. The van der Waals surface area contributed by atoms with Crippen LogP contribution in [0.3, 0.4) is 0 Å². The van der Waals surface area contributed by atoms with Gasteiger partial charge in [-0.3, -0.25) is 0 Å². The molecule has 0 saturated heterocycles. The number of anilines is 1. The smallest absolute Gasteiger partial charge is 0.170 e. The molecule has 0 aromatic heterocycles. The Balaban J connectivity index is 2.59. The van der Waals surface area contributed by atoms with Crippen molar-refractivity contribution in [1.29, 1.82) is 0 Å². The summed E-state index contributed by atoms with van der Waals surface area (Å²) in [5, 5.41) is 6.96. The van der Waals surface area contributed by atoms with Crippen LogP contribution in [0.5, 0.6) is 0 Å². The van der Waals surface area contributed by atoms with Crippen molar-refractivity contribution in [1.82, 2.24) is 5.32 Å². The molecule has 0 aliphatic carbocycles. The Hall–Kier alpha value is -0.130. The molecule has 88 valence electrons. The van der Waals surface area contributed by atoms with E-state index in [-0.39, 0.29) is 0 Å². The predicted octanol–water partition coefficient (Wildman–Crippen LogP) is 4.15. The summed E-state index contributed by atoms with van der Waals surface area (Å²) in [7, 11) is 0. The Morgan fingerprint density at radius 2 is 2.06 bits per heavy atom. The highest BCUT2D eigenvalue weighted by molar-refractivity contribution is 9.11. The van der Waals surface area contributed by atoms with Crippen molar-refractivity contribution in [3.8, 4) is 0 Å². The SMILES string of the molecule is CC(C)CNC(=S)Nc1cc(Br)ccc1Br. The van der Waals surface area contributed by atoms with E-state index in [2.05, 4.69) is 56.3 Å². The van der Waals surface area contributed by atoms with Gasteiger partial charge < -0.3 is 10.6 Å². The van der Waals surface area contributed by atoms with Gasteiger partial charge in [0.05, 0.1) is 5.69 Å². The maximum atomic E-state index is 5.20. The van der Waals surface area contributed by atoms with E-state index < -0.39 is 0 Å². The van der Waals surface area contributed by atoms with Gasteiger partial charge in [0.1, 0.15) is 0 Å². The number of hydrogen-bond acceptors (Lipinski definition) is 1. The van der Waals surface area contributed by atoms with Gasteiger partial charge in [0.2, 0.25) is 0 Å². The first-order valence-corrected chi connectivity index (χ1v) is 6.98. The van der Waals surface area contributed by atoms with Gasteiger partial charge in [-0.2, -0.15) is 0 Å². The van der Waals surface area contributed by atoms with E-state index >= 15 is 0 Å². The quantitative estimate of drug-likeness (QED) is 0.786. The van der Waals surface area contributed by atoms with Crippen molar-refractivity contribution in [3.63, 3.8) is 0 Å². The molecule has 1 aromatic rings. The standard InChI is InChI=1S/C11H14Br2N2S/c1-7(2)6-14-11(16)15-10-5-8(12)3-4-9(10)13/h3-5,7H,6H2,1-2H3,(H2,14,15,16). The molecule has 1 aromatic carbocycles. The summed E-state index contributed by atoms with van der Waals surface area (Å²) in [5.74, 6) is 0.575. The summed E-state index contributed by atoms with van der Waals surface area (Å²) < 4.78 is 2.01. The van der Waals surface area contributed by atoms with E-state index in [1.165, 1.54) is 0 Å². The van der Waals surface area contributed by atoms with Crippen molar-refractivity contribution < 1.29 is 0 Å². The van der Waals surface area contributed by atoms with Crippen LogP contribution in [0.4, 0.5) is 5.69 Å². The van der Waals surface area contributed by atoms with Gasteiger partial charge in [-0.1, -0.05) is 29.8 Å². The molecule has 2 nitrogen and oxygen atoms in total. The van der Waals surface area contributed by atoms with E-state index in [1.807, 2.05) is 18.2 Å². The Labute approximate surface area is 118 Å². The van der Waals surface area contributed by atoms with Crippen LogP contribution in [0.15, 0.2) is 27.1 Å². The van der Waals surface area contributed by atoms with E-state index in [0.29, 0.717) is 11.0 Å². The summed E-state index contributed by atoms with van der Waals surface area (Å²) in [6.45, 7) is 5.16. The first-order chi connectivity index (χ1) is 7.49. The number of halogens is 2. The highest BCUT2D eigenvalue weighted by Crippen LogP contribution is 2.25. The Morgan fingerprint density at radius 1 is 1.38 bits per heavy atom. The topological polar surface area (TPSA) is 24.1 Å². The molecule has 0 aliphatic heterocycles. The third-order valence-corrected chi connectivity index (χ3v) is 3.28. The van der Waals surface area contributed by atoms with Crippen LogP contribution in [-0.4, -0.2) is 11.7 Å². The normalized spacial score (nSPS) is 10.3. The van der Waals surface area contributed by atoms with E-state index in [1.54, 1.807) is 0 Å². The molecule has 0 spiro atoms. The average Bonchev–Trinajstić information content (AvgIpc) is 2.20. The van der Waals surface area contributed by atoms with Crippen LogP contribution < -0.4 is 10.6 Å². The van der Waals surface area contributed by atoms with Crippen molar-refractivity contribution in [3.05, 3.63) is 27.1 Å². The van der Waals surface area contributed by atoms with Gasteiger partial charge in [-0.05, 0) is 52.3 Å². The fourth-order valence-corrected chi connectivity index (χ4v) is 1.96. The van der Waals surface area contributed by atoms with E-state index in [4.69, 9.17) is 12.2 Å². The molecule has 0 atom stereocenters. The minimum Gasteiger partial charge on any atom is -0.362 e. The first kappa shape index (κ1) is 13.9. The lowest BCUT2D eigenvalue weighted by Crippen LogP contribution is -2.31. The third kappa shape index (κ3) is 4.80. The van der Waals surface area contributed by atoms with Gasteiger partial charge >= 0.3 is 0 Å². The van der Waals surface area contributed by atoms with E-state index in [9.17, 15) is 0 Å². The van der Waals surface area contributed by atoms with Crippen LogP contribution in [0.2, 0.25) is 0 Å². The minimum atomic E-state index is 0.575. The lowest BCUT2D eigenvalue weighted by Gasteiger charge is -2.13. The second-order valence-corrected chi connectivity index (χ2v) is 6.03. The van der Waals surface area contributed by atoms with Gasteiger partial charge in [0.25, 0.3) is 0 Å². The molecule has 5 heteroatoms. The van der Waals surface area contributed by atoms with Crippen LogP contribution >= 0.6 is 44.1 Å². The van der Waals surface area contributed by atoms with Crippen LogP contribution in [-0.2, 0) is 0 Å². The molecule has 0 amide bonds. The Morgan fingerprint density at radius 3 is 2.69 bits per heavy atom. The molecule has 0 fully saturated rings. The summed E-state index contributed by atoms with van der Waals surface area (Å²) in [5.41, 5.74) is 0.954. The summed E-state index contributed by atoms with van der Waals surface area (Å²) in [6.07, 6.45) is 0. The predicted molar refractivity (Wildman–Crippen MR) is 80.9 cm³/mol. The molecular formula is C11H14Br2N2S. The molecule has 0 bridgehead atoms. The maximum Gasteiger partial charge on any atom is 0.170 e. The zero-order valence-corrected chi connectivity index (χ0v) is 13.2. The number of thiocarbonyl (C=S) groups is 1. The van der Waals surface area contributed by atoms with Gasteiger partial charge in [0, 0.05) is 15.5 Å². The molecule has 16 heavy (non-hydrogen) atoms. The first-order valence-electron chi connectivity index (χ1n) is 4.99. The molecule has 0 radical (unpaired) electrons. The summed E-state index contributed by atoms with van der Waals surface area (Å²) >= 11 is 12.1. The molecule has 0 saturated carbocycles. The zero-order chi connectivity index (χ0) is 12.1. The molecule has 0 heterocycles. The Bertz CT molecular complexity index is 380. The second-order valence-electron chi connectivity index (χ2n) is 3.85. The number of hydrogen-bond donors (Lipinski definition) is 2. The molecule has 2 N–H and O–H groups in total. The van der Waals surface area contributed by atoms with Crippen LogP contribution in [0, 0.1) is 5.92 Å². The largest absolute Gasteiger partial charge is 0.362 e. The van der Waals surface area contributed by atoms with Crippen molar-refractivity contribution in [2.45, 2.75) is 13.8 Å². The van der Waals surface area contributed by atoms with Crippen LogP contribution in [0.1, 0.15) is 13.8 Å². The summed E-state index contributed by atoms with van der Waals surface area (Å²) in [6, 6.07) is 5.92. The molecule has 0 unspecified atom stereocenters. The minimum absolute atomic E-state index is 0.575. The molecule has 0 aliphatic rings. The van der Waals surface area contributed by atoms with Gasteiger partial charge in [-0.15, -0.1) is 0 Å². The van der Waals surface area contributed by atoms with Gasteiger partial charge in [-0.25, -0.2) is 0 Å². The van der Waals surface area contributed by atoms with Crippen molar-refractivity contribution in [2.24, 2.45) is 5.92 Å². The lowest BCUT2D eigenvalue weighted by atomic mass is 10.2. The van der Waals surface area contributed by atoms with E-state index in [0.717, 1.165) is 21.2 Å². The Kier molecular flexibility index (Phi) is 5.72. The molecular weight excluding hydrogens is 352 g/mol. The lowest BCUT2D eigenvalue weighted by molar-refractivity contribution is 0.627. The third-order valence-electron chi connectivity index (χ3n) is 1.85. The fraction of sp³-hybridized carbons (Fsp3) is 0.364. The average molecular weight is 366 g/mol. The van der Waals surface area contributed by atoms with Crippen molar-refractivity contribution >= 4 is 54.9 Å². The van der Waals surface area contributed by atoms with Crippen molar-refractivity contribution in [2.75, 3.05) is 11.9 Å². The van der Waals surface area contributed by atoms with Crippen LogP contribution in [0.25, 0.3) is 0 Å². The monoisotopic (exact) mass is 364 g/mol.